The van der Waals surface area contributed by atoms with Gasteiger partial charge in [-0.25, -0.2) is 0 Å². The Labute approximate surface area is 81.6 Å². The molecular weight excluding hydrogens is 182 g/mol. The third kappa shape index (κ3) is 1.24. The fraction of sp³-hybridized carbons (Fsp3) is 0.778. The van der Waals surface area contributed by atoms with Crippen molar-refractivity contribution in [1.82, 2.24) is 10.2 Å². The van der Waals surface area contributed by atoms with Gasteiger partial charge in [0.15, 0.2) is 0 Å². The summed E-state index contributed by atoms with van der Waals surface area (Å²) in [7, 11) is 0. The Hall–Kier alpha value is -0.640. The van der Waals surface area contributed by atoms with Crippen LogP contribution in [0, 0.1) is 5.41 Å². The summed E-state index contributed by atoms with van der Waals surface area (Å²) in [4.78, 5) is 0. The summed E-state index contributed by atoms with van der Waals surface area (Å²) in [5.41, 5.74) is 2.44. The molecule has 0 aliphatic heterocycles. The molecule has 4 heteroatoms. The largest absolute Gasteiger partial charge is 0.357 e. The zero-order valence-electron chi connectivity index (χ0n) is 7.49. The third-order valence-electron chi connectivity index (χ3n) is 3.45. The molecule has 1 spiro atoms. The van der Waals surface area contributed by atoms with E-state index in [9.17, 15) is 0 Å². The van der Waals surface area contributed by atoms with E-state index < -0.39 is 0 Å². The van der Waals surface area contributed by atoms with Crippen molar-refractivity contribution in [3.05, 3.63) is 5.51 Å². The SMILES string of the molecule is c1nnc(NC2CC23CCCC3)s1. The molecule has 1 heterocycles. The molecule has 2 aliphatic carbocycles. The van der Waals surface area contributed by atoms with Gasteiger partial charge in [0, 0.05) is 6.04 Å². The second kappa shape index (κ2) is 2.67. The number of hydrogen-bond acceptors (Lipinski definition) is 4. The van der Waals surface area contributed by atoms with Crippen molar-refractivity contribution in [2.75, 3.05) is 5.32 Å². The van der Waals surface area contributed by atoms with Gasteiger partial charge in [0.2, 0.25) is 5.13 Å². The first kappa shape index (κ1) is 7.74. The standard InChI is InChI=1S/C9H13N3S/c1-2-4-9(3-1)5-7(9)11-8-12-10-6-13-8/h6-7H,1-5H2,(H,11,12). The van der Waals surface area contributed by atoms with E-state index in [2.05, 4.69) is 15.5 Å². The molecule has 0 saturated heterocycles. The molecule has 2 fully saturated rings. The first-order valence-corrected chi connectivity index (χ1v) is 5.80. The number of nitrogens with zero attached hydrogens (tertiary/aromatic N) is 2. The molecule has 70 valence electrons. The lowest BCUT2D eigenvalue weighted by atomic mass is 10.1. The van der Waals surface area contributed by atoms with Gasteiger partial charge in [0.25, 0.3) is 0 Å². The lowest BCUT2D eigenvalue weighted by molar-refractivity contribution is 0.519. The Morgan fingerprint density at radius 3 is 3.00 bits per heavy atom. The molecule has 3 rings (SSSR count). The van der Waals surface area contributed by atoms with Crippen LogP contribution in [0.25, 0.3) is 0 Å². The molecule has 0 amide bonds. The molecule has 1 unspecified atom stereocenters. The molecule has 0 radical (unpaired) electrons. The Balaban J connectivity index is 1.65. The van der Waals surface area contributed by atoms with E-state index in [0.717, 1.165) is 5.13 Å². The Morgan fingerprint density at radius 1 is 1.46 bits per heavy atom. The number of hydrogen-bond donors (Lipinski definition) is 1. The Kier molecular flexibility index (Phi) is 1.59. The van der Waals surface area contributed by atoms with Crippen LogP contribution in [0.15, 0.2) is 5.51 Å². The highest BCUT2D eigenvalue weighted by molar-refractivity contribution is 7.13. The van der Waals surface area contributed by atoms with E-state index in [-0.39, 0.29) is 0 Å². The van der Waals surface area contributed by atoms with Crippen LogP contribution in [0.1, 0.15) is 32.1 Å². The molecule has 13 heavy (non-hydrogen) atoms. The minimum absolute atomic E-state index is 0.658. The number of anilines is 1. The van der Waals surface area contributed by atoms with Gasteiger partial charge in [0.05, 0.1) is 0 Å². The second-order valence-electron chi connectivity index (χ2n) is 4.21. The Bertz CT molecular complexity index is 290. The quantitative estimate of drug-likeness (QED) is 0.786. The van der Waals surface area contributed by atoms with E-state index in [1.165, 1.54) is 32.1 Å². The maximum absolute atomic E-state index is 4.01. The van der Waals surface area contributed by atoms with Crippen molar-refractivity contribution in [3.63, 3.8) is 0 Å². The molecule has 1 atom stereocenters. The fourth-order valence-electron chi connectivity index (χ4n) is 2.57. The van der Waals surface area contributed by atoms with Crippen molar-refractivity contribution in [1.29, 1.82) is 0 Å². The average Bonchev–Trinajstić information content (AvgIpc) is 2.60. The first-order chi connectivity index (χ1) is 6.39. The lowest BCUT2D eigenvalue weighted by Gasteiger charge is -2.07. The van der Waals surface area contributed by atoms with Crippen LogP contribution >= 0.6 is 11.3 Å². The van der Waals surface area contributed by atoms with Crippen LogP contribution < -0.4 is 5.32 Å². The molecule has 0 bridgehead atoms. The Morgan fingerprint density at radius 2 is 2.31 bits per heavy atom. The minimum atomic E-state index is 0.658. The highest BCUT2D eigenvalue weighted by Crippen LogP contribution is 2.58. The molecule has 2 aliphatic rings. The zero-order chi connectivity index (χ0) is 8.73. The van der Waals surface area contributed by atoms with Crippen LogP contribution in [0.4, 0.5) is 5.13 Å². The van der Waals surface area contributed by atoms with Crippen molar-refractivity contribution in [2.45, 2.75) is 38.1 Å². The minimum Gasteiger partial charge on any atom is -0.357 e. The van der Waals surface area contributed by atoms with Gasteiger partial charge in [-0.05, 0) is 24.7 Å². The van der Waals surface area contributed by atoms with Crippen molar-refractivity contribution in [3.8, 4) is 0 Å². The van der Waals surface area contributed by atoms with Crippen LogP contribution in [0.3, 0.4) is 0 Å². The van der Waals surface area contributed by atoms with Crippen molar-refractivity contribution in [2.24, 2.45) is 5.41 Å². The van der Waals surface area contributed by atoms with Gasteiger partial charge in [-0.1, -0.05) is 24.2 Å². The smallest absolute Gasteiger partial charge is 0.205 e. The first-order valence-electron chi connectivity index (χ1n) is 4.92. The summed E-state index contributed by atoms with van der Waals surface area (Å²) in [6.07, 6.45) is 7.04. The van der Waals surface area contributed by atoms with Crippen molar-refractivity contribution < 1.29 is 0 Å². The molecular formula is C9H13N3S. The van der Waals surface area contributed by atoms with E-state index in [0.29, 0.717) is 11.5 Å². The predicted octanol–water partition coefficient (Wildman–Crippen LogP) is 2.28. The number of aromatic nitrogens is 2. The topological polar surface area (TPSA) is 37.8 Å². The molecule has 1 aromatic rings. The van der Waals surface area contributed by atoms with Crippen LogP contribution in [0.5, 0.6) is 0 Å². The number of rotatable bonds is 2. The van der Waals surface area contributed by atoms with Gasteiger partial charge in [-0.15, -0.1) is 10.2 Å². The van der Waals surface area contributed by atoms with Crippen LogP contribution in [-0.4, -0.2) is 16.2 Å². The molecule has 0 aromatic carbocycles. The van der Waals surface area contributed by atoms with Crippen LogP contribution in [-0.2, 0) is 0 Å². The average molecular weight is 195 g/mol. The fourth-order valence-corrected chi connectivity index (χ4v) is 3.07. The van der Waals surface area contributed by atoms with E-state index in [4.69, 9.17) is 0 Å². The highest BCUT2D eigenvalue weighted by atomic mass is 32.1. The summed E-state index contributed by atoms with van der Waals surface area (Å²) in [5.74, 6) is 0. The lowest BCUT2D eigenvalue weighted by Crippen LogP contribution is -2.10. The van der Waals surface area contributed by atoms with E-state index >= 15 is 0 Å². The van der Waals surface area contributed by atoms with Gasteiger partial charge in [-0.2, -0.15) is 0 Å². The summed E-state index contributed by atoms with van der Waals surface area (Å²) >= 11 is 1.60. The summed E-state index contributed by atoms with van der Waals surface area (Å²) in [6, 6.07) is 0.697. The van der Waals surface area contributed by atoms with Crippen LogP contribution in [0.2, 0.25) is 0 Å². The molecule has 2 saturated carbocycles. The van der Waals surface area contributed by atoms with E-state index in [1.807, 2.05) is 0 Å². The maximum atomic E-state index is 4.01. The number of nitrogens with one attached hydrogen (secondary N) is 1. The monoisotopic (exact) mass is 195 g/mol. The summed E-state index contributed by atoms with van der Waals surface area (Å²) in [6.45, 7) is 0. The predicted molar refractivity (Wildman–Crippen MR) is 52.8 cm³/mol. The maximum Gasteiger partial charge on any atom is 0.205 e. The molecule has 1 N–H and O–H groups in total. The van der Waals surface area contributed by atoms with Gasteiger partial charge in [-0.3, -0.25) is 0 Å². The molecule has 1 aromatic heterocycles. The molecule has 3 nitrogen and oxygen atoms in total. The normalized spacial score (nSPS) is 29.4. The van der Waals surface area contributed by atoms with Crippen molar-refractivity contribution >= 4 is 16.5 Å². The van der Waals surface area contributed by atoms with Gasteiger partial charge < -0.3 is 5.32 Å². The summed E-state index contributed by atoms with van der Waals surface area (Å²) < 4.78 is 0. The highest BCUT2D eigenvalue weighted by Gasteiger charge is 2.55. The van der Waals surface area contributed by atoms with Gasteiger partial charge in [0.1, 0.15) is 5.51 Å². The van der Waals surface area contributed by atoms with Gasteiger partial charge >= 0.3 is 0 Å². The van der Waals surface area contributed by atoms with E-state index in [1.54, 1.807) is 16.8 Å². The zero-order valence-corrected chi connectivity index (χ0v) is 8.31. The second-order valence-corrected chi connectivity index (χ2v) is 5.05. The third-order valence-corrected chi connectivity index (χ3v) is 4.07. The summed E-state index contributed by atoms with van der Waals surface area (Å²) in [5, 5.41) is 12.3.